The number of nitrogens with one attached hydrogen (secondary N) is 2. The molecule has 234 valence electrons. The molecule has 2 heterocycles. The molecule has 0 bridgehead atoms. The third-order valence-electron chi connectivity index (χ3n) is 8.82. The van der Waals surface area contributed by atoms with Gasteiger partial charge in [-0.2, -0.15) is 4.98 Å². The van der Waals surface area contributed by atoms with E-state index in [1.807, 2.05) is 63.2 Å². The molecule has 2 aromatic carbocycles. The van der Waals surface area contributed by atoms with Crippen molar-refractivity contribution in [3.63, 3.8) is 0 Å². The fourth-order valence-electron chi connectivity index (χ4n) is 6.22. The zero-order valence-electron chi connectivity index (χ0n) is 26.3. The number of phenols is 1. The van der Waals surface area contributed by atoms with Gasteiger partial charge >= 0.3 is 5.97 Å². The molecule has 44 heavy (non-hydrogen) atoms. The Balaban J connectivity index is 1.07. The molecule has 1 amide bonds. The van der Waals surface area contributed by atoms with Gasteiger partial charge < -0.3 is 30.1 Å². The van der Waals surface area contributed by atoms with Gasteiger partial charge in [0.1, 0.15) is 29.5 Å². The van der Waals surface area contributed by atoms with Gasteiger partial charge in [0.15, 0.2) is 0 Å². The van der Waals surface area contributed by atoms with Gasteiger partial charge in [0.05, 0.1) is 12.6 Å². The summed E-state index contributed by atoms with van der Waals surface area (Å²) in [6.07, 6.45) is 7.45. The van der Waals surface area contributed by atoms with Crippen LogP contribution in [0.5, 0.6) is 11.5 Å². The van der Waals surface area contributed by atoms with E-state index in [9.17, 15) is 14.7 Å². The van der Waals surface area contributed by atoms with Crippen LogP contribution in [0, 0.1) is 12.8 Å². The van der Waals surface area contributed by atoms with Crippen molar-refractivity contribution in [1.82, 2.24) is 15.3 Å². The van der Waals surface area contributed by atoms with Crippen molar-refractivity contribution in [2.45, 2.75) is 71.4 Å². The van der Waals surface area contributed by atoms with E-state index in [0.717, 1.165) is 53.5 Å². The minimum Gasteiger partial charge on any atom is -0.507 e. The van der Waals surface area contributed by atoms with Crippen molar-refractivity contribution in [2.75, 3.05) is 38.0 Å². The normalized spacial score (nSPS) is 18.1. The highest BCUT2D eigenvalue weighted by Crippen LogP contribution is 2.42. The van der Waals surface area contributed by atoms with E-state index in [1.165, 1.54) is 0 Å². The third-order valence-corrected chi connectivity index (χ3v) is 8.82. The number of esters is 1. The van der Waals surface area contributed by atoms with Crippen molar-refractivity contribution >= 4 is 34.5 Å². The molecule has 2 aliphatic rings. The molecule has 0 saturated heterocycles. The Morgan fingerprint density at radius 2 is 1.91 bits per heavy atom. The van der Waals surface area contributed by atoms with E-state index in [-0.39, 0.29) is 23.8 Å². The monoisotopic (exact) mass is 601 g/mol. The zero-order chi connectivity index (χ0) is 31.4. The van der Waals surface area contributed by atoms with E-state index in [4.69, 9.17) is 19.4 Å². The van der Waals surface area contributed by atoms with Gasteiger partial charge in [-0.3, -0.25) is 4.79 Å². The Hall–Kier alpha value is -4.34. The van der Waals surface area contributed by atoms with E-state index in [0.29, 0.717) is 60.6 Å². The van der Waals surface area contributed by atoms with Gasteiger partial charge in [-0.1, -0.05) is 23.8 Å². The summed E-state index contributed by atoms with van der Waals surface area (Å²) in [7, 11) is 5.54. The van der Waals surface area contributed by atoms with Crippen LogP contribution in [0.4, 0.5) is 11.8 Å². The van der Waals surface area contributed by atoms with Crippen LogP contribution in [0.2, 0.25) is 0 Å². The number of nitrogens with zero attached hydrogens (tertiary/aromatic N) is 3. The maximum Gasteiger partial charge on any atom is 0.342 e. The molecule has 3 N–H and O–H groups in total. The number of hydrogen-bond donors (Lipinski definition) is 3. The van der Waals surface area contributed by atoms with Gasteiger partial charge in [0.25, 0.3) is 0 Å². The molecular weight excluding hydrogens is 558 g/mol. The van der Waals surface area contributed by atoms with Crippen LogP contribution in [0.15, 0.2) is 35.9 Å². The highest BCUT2D eigenvalue weighted by atomic mass is 16.5. The summed E-state index contributed by atoms with van der Waals surface area (Å²) in [6, 6.07) is 8.37. The lowest BCUT2D eigenvalue weighted by Crippen LogP contribution is -2.34. The van der Waals surface area contributed by atoms with E-state index >= 15 is 0 Å². The zero-order valence-corrected chi connectivity index (χ0v) is 26.3. The lowest BCUT2D eigenvalue weighted by Gasteiger charge is -2.29. The lowest BCUT2D eigenvalue weighted by atomic mass is 9.86. The summed E-state index contributed by atoms with van der Waals surface area (Å²) in [6.45, 7) is 4.67. The first-order chi connectivity index (χ1) is 21.2. The largest absolute Gasteiger partial charge is 0.507 e. The highest BCUT2D eigenvalue weighted by Gasteiger charge is 2.32. The number of rotatable bonds is 11. The minimum atomic E-state index is -0.510. The number of methoxy groups -OCH3 is 1. The summed E-state index contributed by atoms with van der Waals surface area (Å²) in [5.41, 5.74) is 4.22. The fraction of sp³-hybridized carbons (Fsp3) is 0.471. The molecule has 0 spiro atoms. The maximum absolute atomic E-state index is 12.6. The number of ether oxygens (including phenoxy) is 2. The molecule has 10 heteroatoms. The average molecular weight is 602 g/mol. The number of carbonyl (C=O) groups is 2. The van der Waals surface area contributed by atoms with Crippen LogP contribution in [-0.2, 0) is 22.6 Å². The maximum atomic E-state index is 12.6. The number of hydrogen-bond acceptors (Lipinski definition) is 9. The predicted molar refractivity (Wildman–Crippen MR) is 171 cm³/mol. The number of carbonyl (C=O) groups excluding carboxylic acids is 2. The molecule has 10 nitrogen and oxygen atoms in total. The number of para-hydroxylation sites is 1. The molecule has 1 aromatic heterocycles. The number of aromatic nitrogens is 2. The standard InChI is InChI=1S/C34H43N5O5/c1-20(10-16-25-30(41)29-26(19-44-33(29)42)21(2)31(25)43-5)11-17-28(40)35-18-22-12-14-23(15-13-22)36-34-37-27-9-7-6-8-24(27)32(38-34)39(3)4/h6-10,22-23,41H,11-19H2,1-5H3,(H,35,40)(H,36,37,38). The van der Waals surface area contributed by atoms with Crippen molar-refractivity contribution in [1.29, 1.82) is 0 Å². The Labute approximate surface area is 258 Å². The van der Waals surface area contributed by atoms with Gasteiger partial charge in [0, 0.05) is 49.6 Å². The number of anilines is 2. The Kier molecular flexibility index (Phi) is 9.56. The molecule has 0 unspecified atom stereocenters. The molecule has 1 saturated carbocycles. The van der Waals surface area contributed by atoms with Crippen molar-refractivity contribution in [2.24, 2.45) is 5.92 Å². The highest BCUT2D eigenvalue weighted by molar-refractivity contribution is 5.98. The Morgan fingerprint density at radius 3 is 2.64 bits per heavy atom. The second-order valence-corrected chi connectivity index (χ2v) is 12.1. The second-order valence-electron chi connectivity index (χ2n) is 12.1. The average Bonchev–Trinajstić information content (AvgIpc) is 3.42. The number of phenolic OH excluding ortho intramolecular Hbond substituents is 1. The van der Waals surface area contributed by atoms with E-state index in [2.05, 4.69) is 10.6 Å². The number of fused-ring (bicyclic) bond motifs is 2. The number of amides is 1. The van der Waals surface area contributed by atoms with Gasteiger partial charge in [-0.25, -0.2) is 9.78 Å². The second kappa shape index (κ2) is 13.5. The van der Waals surface area contributed by atoms with Gasteiger partial charge in [-0.15, -0.1) is 0 Å². The SMILES string of the molecule is COc1c(C)c2c(c(O)c1CC=C(C)CCC(=O)NCC1CCC(Nc3nc(N(C)C)c4ccccc4n3)CC1)C(=O)OC2. The molecule has 0 atom stereocenters. The van der Waals surface area contributed by atoms with Gasteiger partial charge in [-0.05, 0) is 76.0 Å². The summed E-state index contributed by atoms with van der Waals surface area (Å²) in [4.78, 5) is 36.3. The van der Waals surface area contributed by atoms with Crippen molar-refractivity contribution in [3.05, 3.63) is 58.2 Å². The van der Waals surface area contributed by atoms with Crippen molar-refractivity contribution < 1.29 is 24.2 Å². The minimum absolute atomic E-state index is 0.0373. The molecule has 5 rings (SSSR count). The van der Waals surface area contributed by atoms with E-state index in [1.54, 1.807) is 7.11 Å². The first-order valence-electron chi connectivity index (χ1n) is 15.4. The van der Waals surface area contributed by atoms with Crippen LogP contribution < -0.4 is 20.3 Å². The van der Waals surface area contributed by atoms with Crippen LogP contribution in [0.1, 0.15) is 72.5 Å². The number of cyclic esters (lactones) is 1. The Bertz CT molecular complexity index is 1580. The van der Waals surface area contributed by atoms with Crippen LogP contribution >= 0.6 is 0 Å². The Morgan fingerprint density at radius 1 is 1.16 bits per heavy atom. The fourth-order valence-corrected chi connectivity index (χ4v) is 6.22. The molecule has 1 aliphatic heterocycles. The van der Waals surface area contributed by atoms with Gasteiger partial charge in [0.2, 0.25) is 11.9 Å². The number of aromatic hydroxyl groups is 1. The van der Waals surface area contributed by atoms with Crippen molar-refractivity contribution in [3.8, 4) is 11.5 Å². The topological polar surface area (TPSA) is 126 Å². The summed E-state index contributed by atoms with van der Waals surface area (Å²) in [5.74, 6) is 2.03. The number of benzene rings is 2. The predicted octanol–water partition coefficient (Wildman–Crippen LogP) is 5.44. The molecular formula is C34H43N5O5. The van der Waals surface area contributed by atoms with Crippen LogP contribution in [0.3, 0.4) is 0 Å². The molecule has 1 aliphatic carbocycles. The first-order valence-corrected chi connectivity index (χ1v) is 15.4. The molecule has 0 radical (unpaired) electrons. The number of allylic oxidation sites excluding steroid dienone is 2. The molecule has 3 aromatic rings. The molecule has 1 fully saturated rings. The third kappa shape index (κ3) is 6.74. The smallest absolute Gasteiger partial charge is 0.342 e. The van der Waals surface area contributed by atoms with E-state index < -0.39 is 5.97 Å². The quantitative estimate of drug-likeness (QED) is 0.194. The summed E-state index contributed by atoms with van der Waals surface area (Å²) in [5, 5.41) is 18.5. The lowest BCUT2D eigenvalue weighted by molar-refractivity contribution is -0.121. The first kappa shape index (κ1) is 31.1. The summed E-state index contributed by atoms with van der Waals surface area (Å²) >= 11 is 0. The van der Waals surface area contributed by atoms with Crippen LogP contribution in [0.25, 0.3) is 10.9 Å². The van der Waals surface area contributed by atoms with Crippen LogP contribution in [-0.4, -0.2) is 60.7 Å². The summed E-state index contributed by atoms with van der Waals surface area (Å²) < 4.78 is 10.7.